The first-order valence-electron chi connectivity index (χ1n) is 11.4. The van der Waals surface area contributed by atoms with Gasteiger partial charge in [-0.25, -0.2) is 4.79 Å². The van der Waals surface area contributed by atoms with Crippen LogP contribution in [0.5, 0.6) is 0 Å². The summed E-state index contributed by atoms with van der Waals surface area (Å²) in [5.41, 5.74) is 1.84. The van der Waals surface area contributed by atoms with Crippen LogP contribution >= 0.6 is 22.6 Å². The summed E-state index contributed by atoms with van der Waals surface area (Å²) >= 11 is 2.63. The molecular formula is C25H39IO4. The molecule has 1 fully saturated rings. The molecule has 2 aliphatic carbocycles. The molecule has 0 heterocycles. The molecule has 30 heavy (non-hydrogen) atoms. The van der Waals surface area contributed by atoms with Crippen LogP contribution in [0.4, 0.5) is 0 Å². The molecular weight excluding hydrogens is 491 g/mol. The number of halogens is 1. The zero-order valence-electron chi connectivity index (χ0n) is 19.2. The van der Waals surface area contributed by atoms with Crippen LogP contribution in [-0.2, 0) is 14.3 Å². The molecule has 0 aromatic rings. The van der Waals surface area contributed by atoms with Gasteiger partial charge in [-0.15, -0.1) is 0 Å². The Kier molecular flexibility index (Phi) is 8.62. The summed E-state index contributed by atoms with van der Waals surface area (Å²) in [5.74, 6) is -0.724. The first-order chi connectivity index (χ1) is 13.9. The molecule has 4 nitrogen and oxygen atoms in total. The summed E-state index contributed by atoms with van der Waals surface area (Å²) in [5, 5.41) is 8.89. The molecule has 0 aliphatic heterocycles. The SMILES string of the molecule is C=C(CCC(=O)OC[C@]1(C)CCC[C@@](C)(C2=CC[C@](C)(I)CC2CCC)C1)C(=O)O. The van der Waals surface area contributed by atoms with Crippen LogP contribution in [0.3, 0.4) is 0 Å². The third-order valence-electron chi connectivity index (χ3n) is 7.03. The van der Waals surface area contributed by atoms with Crippen molar-refractivity contribution < 1.29 is 19.4 Å². The van der Waals surface area contributed by atoms with Gasteiger partial charge in [-0.2, -0.15) is 0 Å². The molecule has 4 atom stereocenters. The Morgan fingerprint density at radius 3 is 2.60 bits per heavy atom. The lowest BCUT2D eigenvalue weighted by molar-refractivity contribution is -0.148. The summed E-state index contributed by atoms with van der Waals surface area (Å²) in [7, 11) is 0. The molecule has 170 valence electrons. The molecule has 0 saturated heterocycles. The Hall–Kier alpha value is -0.850. The monoisotopic (exact) mass is 530 g/mol. The van der Waals surface area contributed by atoms with E-state index in [1.54, 1.807) is 5.57 Å². The second kappa shape index (κ2) is 10.2. The van der Waals surface area contributed by atoms with E-state index in [0.29, 0.717) is 15.9 Å². The van der Waals surface area contributed by atoms with E-state index in [4.69, 9.17) is 9.84 Å². The van der Waals surface area contributed by atoms with Crippen LogP contribution < -0.4 is 0 Å². The molecule has 0 radical (unpaired) electrons. The van der Waals surface area contributed by atoms with E-state index in [-0.39, 0.29) is 35.2 Å². The highest BCUT2D eigenvalue weighted by atomic mass is 127. The molecule has 2 aliphatic rings. The van der Waals surface area contributed by atoms with Crippen molar-refractivity contribution in [2.45, 2.75) is 95.3 Å². The van der Waals surface area contributed by atoms with Crippen molar-refractivity contribution in [3.63, 3.8) is 0 Å². The number of hydrogen-bond acceptors (Lipinski definition) is 3. The molecule has 0 amide bonds. The smallest absolute Gasteiger partial charge is 0.330 e. The topological polar surface area (TPSA) is 63.6 Å². The van der Waals surface area contributed by atoms with Gasteiger partial charge in [0.15, 0.2) is 0 Å². The summed E-state index contributed by atoms with van der Waals surface area (Å²) in [6, 6.07) is 0. The number of carbonyl (C=O) groups excluding carboxylic acids is 1. The number of allylic oxidation sites excluding steroid dienone is 2. The molecule has 1 saturated carbocycles. The third-order valence-corrected chi connectivity index (χ3v) is 7.92. The minimum Gasteiger partial charge on any atom is -0.478 e. The van der Waals surface area contributed by atoms with Crippen LogP contribution in [0.1, 0.15) is 91.9 Å². The van der Waals surface area contributed by atoms with Gasteiger partial charge in [0, 0.05) is 20.8 Å². The maximum absolute atomic E-state index is 12.2. The van der Waals surface area contributed by atoms with Crippen molar-refractivity contribution in [3.8, 4) is 0 Å². The Labute approximate surface area is 196 Å². The largest absolute Gasteiger partial charge is 0.478 e. The van der Waals surface area contributed by atoms with Gasteiger partial charge in [0.2, 0.25) is 0 Å². The first-order valence-corrected chi connectivity index (χ1v) is 12.4. The number of ether oxygens (including phenoxy) is 1. The van der Waals surface area contributed by atoms with E-state index in [2.05, 4.69) is 62.9 Å². The number of aliphatic carboxylic acids is 1. The normalized spacial score (nSPS) is 34.2. The predicted octanol–water partition coefficient (Wildman–Crippen LogP) is 6.87. The predicted molar refractivity (Wildman–Crippen MR) is 130 cm³/mol. The maximum atomic E-state index is 12.2. The Bertz CT molecular complexity index is 695. The van der Waals surface area contributed by atoms with Gasteiger partial charge in [0.05, 0.1) is 6.61 Å². The molecule has 1 N–H and O–H groups in total. The van der Waals surface area contributed by atoms with Gasteiger partial charge in [-0.3, -0.25) is 4.79 Å². The summed E-state index contributed by atoms with van der Waals surface area (Å²) in [6.07, 6.45) is 12.1. The fraction of sp³-hybridized carbons (Fsp3) is 0.760. The van der Waals surface area contributed by atoms with Gasteiger partial charge in [-0.1, -0.05) is 81.4 Å². The van der Waals surface area contributed by atoms with E-state index >= 15 is 0 Å². The summed E-state index contributed by atoms with van der Waals surface area (Å²) in [6.45, 7) is 13.2. The highest BCUT2D eigenvalue weighted by Crippen LogP contribution is 2.55. The number of carboxylic acids is 1. The van der Waals surface area contributed by atoms with Crippen molar-refractivity contribution in [2.24, 2.45) is 16.7 Å². The van der Waals surface area contributed by atoms with E-state index in [0.717, 1.165) is 25.7 Å². The van der Waals surface area contributed by atoms with Crippen LogP contribution in [0.15, 0.2) is 23.8 Å². The number of carboxylic acid groups (broad SMARTS) is 1. The Morgan fingerprint density at radius 1 is 1.27 bits per heavy atom. The van der Waals surface area contributed by atoms with Gasteiger partial charge >= 0.3 is 11.9 Å². The minimum atomic E-state index is -1.05. The highest BCUT2D eigenvalue weighted by molar-refractivity contribution is 14.1. The average Bonchev–Trinajstić information content (AvgIpc) is 2.63. The third kappa shape index (κ3) is 6.83. The Morgan fingerprint density at radius 2 is 1.97 bits per heavy atom. The van der Waals surface area contributed by atoms with E-state index in [1.807, 2.05) is 0 Å². The van der Waals surface area contributed by atoms with E-state index < -0.39 is 5.97 Å². The standard InChI is InChI=1S/C25H39IO4/c1-6-8-19-15-25(5,26)14-11-20(19)24(4)13-7-12-23(3,16-24)17-30-21(27)10-9-18(2)22(28)29/h11,19H,2,6-10,12-17H2,1,3-5H3,(H,28,29)/t19?,23-,24-,25+/m1/s1. The number of esters is 1. The Balaban J connectivity index is 2.03. The van der Waals surface area contributed by atoms with E-state index in [1.165, 1.54) is 25.7 Å². The van der Waals surface area contributed by atoms with Crippen molar-refractivity contribution in [1.82, 2.24) is 0 Å². The molecule has 0 aromatic heterocycles. The average molecular weight is 530 g/mol. The van der Waals surface area contributed by atoms with Crippen molar-refractivity contribution in [1.29, 1.82) is 0 Å². The number of carbonyl (C=O) groups is 2. The molecule has 0 aromatic carbocycles. The zero-order chi connectivity index (χ0) is 22.6. The number of alkyl halides is 1. The van der Waals surface area contributed by atoms with Crippen molar-refractivity contribution >= 4 is 34.5 Å². The molecule has 2 rings (SSSR count). The molecule has 0 bridgehead atoms. The van der Waals surface area contributed by atoms with E-state index in [9.17, 15) is 9.59 Å². The van der Waals surface area contributed by atoms with Crippen molar-refractivity contribution in [2.75, 3.05) is 6.61 Å². The lowest BCUT2D eigenvalue weighted by Gasteiger charge is -2.49. The highest BCUT2D eigenvalue weighted by Gasteiger charge is 2.45. The zero-order valence-corrected chi connectivity index (χ0v) is 21.3. The van der Waals surface area contributed by atoms with Gasteiger partial charge in [-0.05, 0) is 56.3 Å². The van der Waals surface area contributed by atoms with Crippen molar-refractivity contribution in [3.05, 3.63) is 23.8 Å². The fourth-order valence-electron chi connectivity index (χ4n) is 5.62. The molecule has 5 heteroatoms. The van der Waals surface area contributed by atoms with Gasteiger partial charge < -0.3 is 9.84 Å². The lowest BCUT2D eigenvalue weighted by atomic mass is 9.57. The first kappa shape index (κ1) is 25.4. The van der Waals surface area contributed by atoms with Gasteiger partial charge in [0.25, 0.3) is 0 Å². The quantitative estimate of drug-likeness (QED) is 0.116. The van der Waals surface area contributed by atoms with Crippen LogP contribution in [-0.4, -0.2) is 27.1 Å². The van der Waals surface area contributed by atoms with Gasteiger partial charge in [0.1, 0.15) is 0 Å². The number of rotatable bonds is 9. The van der Waals surface area contributed by atoms with Crippen LogP contribution in [0.25, 0.3) is 0 Å². The molecule has 1 unspecified atom stereocenters. The lowest BCUT2D eigenvalue weighted by Crippen LogP contribution is -2.41. The molecule has 0 spiro atoms. The minimum absolute atomic E-state index is 0.0326. The second-order valence-corrected chi connectivity index (χ2v) is 13.0. The summed E-state index contributed by atoms with van der Waals surface area (Å²) in [4.78, 5) is 23.0. The number of hydrogen-bond donors (Lipinski definition) is 1. The fourth-order valence-corrected chi connectivity index (χ4v) is 6.37. The van der Waals surface area contributed by atoms with Crippen LogP contribution in [0, 0.1) is 16.7 Å². The second-order valence-electron chi connectivity index (χ2n) is 10.4. The maximum Gasteiger partial charge on any atom is 0.330 e. The summed E-state index contributed by atoms with van der Waals surface area (Å²) < 4.78 is 5.96. The van der Waals surface area contributed by atoms with Crippen LogP contribution in [0.2, 0.25) is 0 Å².